The van der Waals surface area contributed by atoms with E-state index in [4.69, 9.17) is 26.8 Å². The van der Waals surface area contributed by atoms with Crippen molar-refractivity contribution in [3.05, 3.63) is 62.5 Å². The van der Waals surface area contributed by atoms with Gasteiger partial charge in [0, 0.05) is 0 Å². The summed E-state index contributed by atoms with van der Waals surface area (Å²) in [4.78, 5) is 23.3. The quantitative estimate of drug-likeness (QED) is 0.473. The average Bonchev–Trinajstić information content (AvgIpc) is 2.97. The number of carboxylic acid groups (broad SMARTS) is 1. The molecular weight excluding hydrogens is 466 g/mol. The number of benzene rings is 2. The van der Waals surface area contributed by atoms with Crippen molar-refractivity contribution in [3.63, 3.8) is 0 Å². The molecule has 1 amide bonds. The molecule has 1 fully saturated rings. The molecule has 0 saturated carbocycles. The molecule has 2 N–H and O–H groups in total. The lowest BCUT2D eigenvalue weighted by molar-refractivity contribution is -0.115. The summed E-state index contributed by atoms with van der Waals surface area (Å²) in [6.07, 6.45) is 1.72. The lowest BCUT2D eigenvalue weighted by Crippen LogP contribution is -2.17. The van der Waals surface area contributed by atoms with Gasteiger partial charge >= 0.3 is 5.97 Å². The van der Waals surface area contributed by atoms with E-state index < -0.39 is 5.97 Å². The molecule has 144 valence electrons. The Morgan fingerprint density at radius 1 is 1.32 bits per heavy atom. The fourth-order valence-corrected chi connectivity index (χ4v) is 4.05. The standard InChI is InChI=1S/C19H14BrNO5S2/c1-25-14-7-11(8-15-17(22)21-19(27)28-15)6-13(20)16(14)26-9-10-2-4-12(5-3-10)18(23)24/h2-8H,9H2,1H3,(H,23,24)(H,21,22,27)/b15-8-. The van der Waals surface area contributed by atoms with Gasteiger partial charge in [0.2, 0.25) is 0 Å². The summed E-state index contributed by atoms with van der Waals surface area (Å²) < 4.78 is 12.4. The Kier molecular flexibility index (Phi) is 6.38. The number of carboxylic acids is 1. The minimum atomic E-state index is -0.975. The molecule has 0 bridgehead atoms. The van der Waals surface area contributed by atoms with Gasteiger partial charge in [0.1, 0.15) is 10.9 Å². The van der Waals surface area contributed by atoms with Crippen LogP contribution in [0.3, 0.4) is 0 Å². The van der Waals surface area contributed by atoms with E-state index in [1.807, 2.05) is 6.07 Å². The zero-order valence-corrected chi connectivity index (χ0v) is 17.7. The molecule has 6 nitrogen and oxygen atoms in total. The van der Waals surface area contributed by atoms with Crippen LogP contribution in [0.5, 0.6) is 11.5 Å². The van der Waals surface area contributed by atoms with E-state index in [-0.39, 0.29) is 18.1 Å². The second kappa shape index (κ2) is 8.76. The van der Waals surface area contributed by atoms with E-state index in [0.717, 1.165) is 11.1 Å². The van der Waals surface area contributed by atoms with Crippen LogP contribution in [-0.4, -0.2) is 28.4 Å². The van der Waals surface area contributed by atoms with Crippen molar-refractivity contribution in [1.29, 1.82) is 0 Å². The van der Waals surface area contributed by atoms with Gasteiger partial charge in [-0.2, -0.15) is 0 Å². The van der Waals surface area contributed by atoms with Crippen molar-refractivity contribution >= 4 is 62.2 Å². The molecular formula is C19H14BrNO5S2. The molecule has 1 heterocycles. The Morgan fingerprint density at radius 3 is 2.61 bits per heavy atom. The Hall–Kier alpha value is -2.36. The molecule has 0 spiro atoms. The van der Waals surface area contributed by atoms with Gasteiger partial charge in [0.15, 0.2) is 11.5 Å². The number of rotatable bonds is 6. The largest absolute Gasteiger partial charge is 0.493 e. The molecule has 1 aliphatic heterocycles. The Bertz CT molecular complexity index is 989. The Labute approximate surface area is 179 Å². The minimum absolute atomic E-state index is 0.216. The average molecular weight is 480 g/mol. The van der Waals surface area contributed by atoms with E-state index in [2.05, 4.69) is 21.2 Å². The first kappa shape index (κ1) is 20.4. The number of amides is 1. The van der Waals surface area contributed by atoms with Gasteiger partial charge in [-0.15, -0.1) is 0 Å². The zero-order valence-electron chi connectivity index (χ0n) is 14.5. The van der Waals surface area contributed by atoms with Crippen molar-refractivity contribution in [2.24, 2.45) is 0 Å². The van der Waals surface area contributed by atoms with E-state index in [1.165, 1.54) is 31.0 Å². The van der Waals surface area contributed by atoms with Crippen molar-refractivity contribution in [3.8, 4) is 11.5 Å². The summed E-state index contributed by atoms with van der Waals surface area (Å²) in [5.74, 6) is -0.202. The fraction of sp³-hybridized carbons (Fsp3) is 0.105. The number of hydrogen-bond donors (Lipinski definition) is 2. The number of halogens is 1. The first-order chi connectivity index (χ1) is 13.4. The topological polar surface area (TPSA) is 84.9 Å². The summed E-state index contributed by atoms with van der Waals surface area (Å²) in [6.45, 7) is 0.238. The number of thioether (sulfide) groups is 1. The number of thiocarbonyl (C=S) groups is 1. The third-order valence-electron chi connectivity index (χ3n) is 3.78. The molecule has 0 unspecified atom stereocenters. The maximum atomic E-state index is 11.8. The lowest BCUT2D eigenvalue weighted by atomic mass is 10.1. The van der Waals surface area contributed by atoms with Crippen LogP contribution in [0.2, 0.25) is 0 Å². The summed E-state index contributed by atoms with van der Waals surface area (Å²) in [5.41, 5.74) is 1.79. The third-order valence-corrected chi connectivity index (χ3v) is 5.53. The third kappa shape index (κ3) is 4.73. The highest BCUT2D eigenvalue weighted by Crippen LogP contribution is 2.38. The van der Waals surface area contributed by atoms with Crippen LogP contribution in [0.1, 0.15) is 21.5 Å². The van der Waals surface area contributed by atoms with Crippen LogP contribution < -0.4 is 14.8 Å². The molecule has 2 aromatic carbocycles. The molecule has 0 aliphatic carbocycles. The van der Waals surface area contributed by atoms with Crippen molar-refractivity contribution < 1.29 is 24.2 Å². The number of methoxy groups -OCH3 is 1. The highest BCUT2D eigenvalue weighted by atomic mass is 79.9. The van der Waals surface area contributed by atoms with Crippen LogP contribution in [0.25, 0.3) is 6.08 Å². The van der Waals surface area contributed by atoms with E-state index in [1.54, 1.807) is 24.3 Å². The molecule has 1 saturated heterocycles. The minimum Gasteiger partial charge on any atom is -0.493 e. The maximum absolute atomic E-state index is 11.8. The van der Waals surface area contributed by atoms with E-state index in [9.17, 15) is 9.59 Å². The van der Waals surface area contributed by atoms with Gasteiger partial charge < -0.3 is 19.9 Å². The van der Waals surface area contributed by atoms with Crippen LogP contribution >= 0.6 is 39.9 Å². The van der Waals surface area contributed by atoms with Crippen molar-refractivity contribution in [1.82, 2.24) is 5.32 Å². The first-order valence-electron chi connectivity index (χ1n) is 7.95. The van der Waals surface area contributed by atoms with Crippen molar-refractivity contribution in [2.45, 2.75) is 6.61 Å². The number of aromatic carboxylic acids is 1. The number of ether oxygens (including phenoxy) is 2. The monoisotopic (exact) mass is 479 g/mol. The number of carbonyl (C=O) groups excluding carboxylic acids is 1. The summed E-state index contributed by atoms with van der Waals surface area (Å²) >= 11 is 9.67. The molecule has 28 heavy (non-hydrogen) atoms. The molecule has 0 radical (unpaired) electrons. The summed E-state index contributed by atoms with van der Waals surface area (Å²) in [6, 6.07) is 10.0. The second-order valence-corrected chi connectivity index (χ2v) is 8.25. The van der Waals surface area contributed by atoms with Crippen molar-refractivity contribution in [2.75, 3.05) is 7.11 Å². The molecule has 3 rings (SSSR count). The van der Waals surface area contributed by atoms with Crippen LogP contribution in [0, 0.1) is 0 Å². The van der Waals surface area contributed by atoms with Gasteiger partial charge in [-0.3, -0.25) is 4.79 Å². The van der Waals surface area contributed by atoms with Crippen LogP contribution in [0.15, 0.2) is 45.8 Å². The highest BCUT2D eigenvalue weighted by Gasteiger charge is 2.22. The second-order valence-electron chi connectivity index (χ2n) is 5.68. The Balaban J connectivity index is 1.80. The van der Waals surface area contributed by atoms with E-state index >= 15 is 0 Å². The normalized spacial score (nSPS) is 14.9. The predicted octanol–water partition coefficient (Wildman–Crippen LogP) is 4.22. The maximum Gasteiger partial charge on any atom is 0.335 e. The number of carbonyl (C=O) groups is 2. The SMILES string of the molecule is COc1cc(/C=C2\SC(=S)NC2=O)cc(Br)c1OCc1ccc(C(=O)O)cc1. The van der Waals surface area contributed by atoms with Gasteiger partial charge in [0.25, 0.3) is 5.91 Å². The highest BCUT2D eigenvalue weighted by molar-refractivity contribution is 9.10. The fourth-order valence-electron chi connectivity index (χ4n) is 2.43. The lowest BCUT2D eigenvalue weighted by Gasteiger charge is -2.14. The zero-order chi connectivity index (χ0) is 20.3. The van der Waals surface area contributed by atoms with Crippen LogP contribution in [-0.2, 0) is 11.4 Å². The van der Waals surface area contributed by atoms with Gasteiger partial charge in [-0.1, -0.05) is 36.1 Å². The first-order valence-corrected chi connectivity index (χ1v) is 9.96. The van der Waals surface area contributed by atoms with Gasteiger partial charge in [0.05, 0.1) is 22.1 Å². The molecule has 1 aliphatic rings. The number of hydrogen-bond acceptors (Lipinski definition) is 6. The van der Waals surface area contributed by atoms with Crippen LogP contribution in [0.4, 0.5) is 0 Å². The van der Waals surface area contributed by atoms with E-state index in [0.29, 0.717) is 25.2 Å². The Morgan fingerprint density at radius 2 is 2.04 bits per heavy atom. The molecule has 2 aromatic rings. The predicted molar refractivity (Wildman–Crippen MR) is 115 cm³/mol. The summed E-state index contributed by atoms with van der Waals surface area (Å²) in [5, 5.41) is 11.5. The summed E-state index contributed by atoms with van der Waals surface area (Å²) in [7, 11) is 1.53. The number of nitrogens with one attached hydrogen (secondary N) is 1. The molecule has 0 atom stereocenters. The molecule has 9 heteroatoms. The smallest absolute Gasteiger partial charge is 0.335 e. The van der Waals surface area contributed by atoms with Gasteiger partial charge in [-0.25, -0.2) is 4.79 Å². The van der Waals surface area contributed by atoms with Gasteiger partial charge in [-0.05, 0) is 57.4 Å². The molecule has 0 aromatic heterocycles.